The number of aliphatic hydroxyl groups excluding tert-OH is 1. The Hall–Kier alpha value is -0.610. The maximum Gasteiger partial charge on any atom is 0.0715 e. The Balaban J connectivity index is 2.40. The Kier molecular flexibility index (Phi) is 5.05. The highest BCUT2D eigenvalue weighted by Crippen LogP contribution is 2.20. The summed E-state index contributed by atoms with van der Waals surface area (Å²) < 4.78 is 0.918. The summed E-state index contributed by atoms with van der Waals surface area (Å²) in [6, 6.07) is 1.88. The third-order valence-electron chi connectivity index (χ3n) is 2.04. The normalized spacial score (nSPS) is 12.9. The lowest BCUT2D eigenvalue weighted by Crippen LogP contribution is -2.21. The van der Waals surface area contributed by atoms with Gasteiger partial charge >= 0.3 is 0 Å². The molecular formula is C11H17BrN2O. The van der Waals surface area contributed by atoms with Crippen LogP contribution in [0.4, 0.5) is 5.69 Å². The number of hydrogen-bond acceptors (Lipinski definition) is 3. The molecule has 2 N–H and O–H groups in total. The van der Waals surface area contributed by atoms with Gasteiger partial charge in [-0.2, -0.15) is 0 Å². The minimum atomic E-state index is -0.301. The molecule has 0 saturated carbocycles. The van der Waals surface area contributed by atoms with Crippen molar-refractivity contribution in [2.24, 2.45) is 5.92 Å². The zero-order valence-electron chi connectivity index (χ0n) is 9.07. The smallest absolute Gasteiger partial charge is 0.0715 e. The van der Waals surface area contributed by atoms with E-state index in [1.807, 2.05) is 6.07 Å². The zero-order chi connectivity index (χ0) is 11.3. The van der Waals surface area contributed by atoms with Crippen LogP contribution in [0.1, 0.15) is 20.3 Å². The summed E-state index contributed by atoms with van der Waals surface area (Å²) in [4.78, 5) is 3.97. The van der Waals surface area contributed by atoms with Crippen molar-refractivity contribution >= 4 is 21.6 Å². The Morgan fingerprint density at radius 2 is 2.27 bits per heavy atom. The molecule has 0 aliphatic heterocycles. The third-order valence-corrected chi connectivity index (χ3v) is 2.68. The number of hydrogen-bond donors (Lipinski definition) is 2. The van der Waals surface area contributed by atoms with E-state index in [1.165, 1.54) is 0 Å². The summed E-state index contributed by atoms with van der Waals surface area (Å²) in [6.45, 7) is 4.78. The van der Waals surface area contributed by atoms with Crippen molar-refractivity contribution < 1.29 is 5.11 Å². The fraction of sp³-hybridized carbons (Fsp3) is 0.545. The van der Waals surface area contributed by atoms with Crippen molar-refractivity contribution in [1.82, 2.24) is 4.98 Å². The van der Waals surface area contributed by atoms with Crippen molar-refractivity contribution in [2.75, 3.05) is 11.9 Å². The number of halogens is 1. The van der Waals surface area contributed by atoms with Gasteiger partial charge in [0.15, 0.2) is 0 Å². The van der Waals surface area contributed by atoms with Gasteiger partial charge in [0.25, 0.3) is 0 Å². The van der Waals surface area contributed by atoms with Crippen LogP contribution >= 0.6 is 15.9 Å². The molecule has 0 aliphatic rings. The molecule has 84 valence electrons. The fourth-order valence-electron chi connectivity index (χ4n) is 1.37. The SMILES string of the molecule is CC(C)CC(O)CNc1ccncc1Br. The van der Waals surface area contributed by atoms with Crippen LogP contribution in [0.15, 0.2) is 22.9 Å². The molecule has 1 unspecified atom stereocenters. The number of nitrogens with zero attached hydrogens (tertiary/aromatic N) is 1. The van der Waals surface area contributed by atoms with E-state index >= 15 is 0 Å². The van der Waals surface area contributed by atoms with Gasteiger partial charge in [-0.25, -0.2) is 0 Å². The first-order valence-electron chi connectivity index (χ1n) is 5.11. The number of pyridine rings is 1. The molecule has 0 amide bonds. The van der Waals surface area contributed by atoms with Gasteiger partial charge in [0.05, 0.1) is 16.3 Å². The van der Waals surface area contributed by atoms with Crippen LogP contribution in [0.3, 0.4) is 0 Å². The predicted molar refractivity (Wildman–Crippen MR) is 65.9 cm³/mol. The van der Waals surface area contributed by atoms with Crippen molar-refractivity contribution in [2.45, 2.75) is 26.4 Å². The first-order valence-corrected chi connectivity index (χ1v) is 5.90. The van der Waals surface area contributed by atoms with Crippen molar-refractivity contribution in [1.29, 1.82) is 0 Å². The predicted octanol–water partition coefficient (Wildman–Crippen LogP) is 2.66. The minimum Gasteiger partial charge on any atom is -0.391 e. The Bertz CT molecular complexity index is 304. The summed E-state index contributed by atoms with van der Waals surface area (Å²) in [7, 11) is 0. The van der Waals surface area contributed by atoms with Crippen LogP contribution in [0.25, 0.3) is 0 Å². The molecule has 1 heterocycles. The summed E-state index contributed by atoms with van der Waals surface area (Å²) in [5, 5.41) is 12.9. The van der Waals surface area contributed by atoms with Crippen molar-refractivity contribution in [3.63, 3.8) is 0 Å². The van der Waals surface area contributed by atoms with Gasteiger partial charge in [-0.3, -0.25) is 4.98 Å². The van der Waals surface area contributed by atoms with E-state index < -0.39 is 0 Å². The van der Waals surface area contributed by atoms with E-state index in [1.54, 1.807) is 12.4 Å². The molecule has 0 bridgehead atoms. The molecule has 0 spiro atoms. The van der Waals surface area contributed by atoms with Crippen LogP contribution in [-0.2, 0) is 0 Å². The van der Waals surface area contributed by atoms with Crippen LogP contribution < -0.4 is 5.32 Å². The average molecular weight is 273 g/mol. The quantitative estimate of drug-likeness (QED) is 0.867. The summed E-state index contributed by atoms with van der Waals surface area (Å²) >= 11 is 3.39. The molecule has 0 radical (unpaired) electrons. The molecule has 0 fully saturated rings. The second-order valence-electron chi connectivity index (χ2n) is 4.02. The van der Waals surface area contributed by atoms with E-state index in [9.17, 15) is 5.11 Å². The summed E-state index contributed by atoms with van der Waals surface area (Å²) in [5.41, 5.74) is 0.966. The standard InChI is InChI=1S/C11H17BrN2O/c1-8(2)5-9(15)6-14-11-3-4-13-7-10(11)12/h3-4,7-9,15H,5-6H2,1-2H3,(H,13,14). The molecule has 0 aromatic carbocycles. The molecule has 1 rings (SSSR count). The molecule has 1 aromatic heterocycles. The number of anilines is 1. The number of aliphatic hydroxyl groups is 1. The van der Waals surface area contributed by atoms with E-state index in [2.05, 4.69) is 40.1 Å². The highest BCUT2D eigenvalue weighted by Gasteiger charge is 2.07. The van der Waals surface area contributed by atoms with Gasteiger partial charge < -0.3 is 10.4 Å². The lowest BCUT2D eigenvalue weighted by Gasteiger charge is -2.15. The maximum absolute atomic E-state index is 9.68. The lowest BCUT2D eigenvalue weighted by atomic mass is 10.1. The summed E-state index contributed by atoms with van der Waals surface area (Å²) in [6.07, 6.45) is 3.97. The van der Waals surface area contributed by atoms with Gasteiger partial charge in [-0.15, -0.1) is 0 Å². The molecule has 4 heteroatoms. The highest BCUT2D eigenvalue weighted by atomic mass is 79.9. The second-order valence-corrected chi connectivity index (χ2v) is 4.87. The van der Waals surface area contributed by atoms with Crippen LogP contribution in [0.5, 0.6) is 0 Å². The van der Waals surface area contributed by atoms with Crippen molar-refractivity contribution in [3.05, 3.63) is 22.9 Å². The van der Waals surface area contributed by atoms with Crippen LogP contribution in [0.2, 0.25) is 0 Å². The Labute approximate surface area is 99.1 Å². The van der Waals surface area contributed by atoms with E-state index in [4.69, 9.17) is 0 Å². The molecule has 3 nitrogen and oxygen atoms in total. The zero-order valence-corrected chi connectivity index (χ0v) is 10.7. The molecule has 15 heavy (non-hydrogen) atoms. The number of aromatic nitrogens is 1. The molecule has 1 atom stereocenters. The first-order chi connectivity index (χ1) is 7.09. The Morgan fingerprint density at radius 1 is 1.53 bits per heavy atom. The lowest BCUT2D eigenvalue weighted by molar-refractivity contribution is 0.161. The van der Waals surface area contributed by atoms with Gasteiger partial charge in [0.2, 0.25) is 0 Å². The monoisotopic (exact) mass is 272 g/mol. The summed E-state index contributed by atoms with van der Waals surface area (Å²) in [5.74, 6) is 0.516. The second kappa shape index (κ2) is 6.08. The van der Waals surface area contributed by atoms with E-state index in [0.29, 0.717) is 12.5 Å². The van der Waals surface area contributed by atoms with E-state index in [0.717, 1.165) is 16.6 Å². The van der Waals surface area contributed by atoms with Crippen LogP contribution in [-0.4, -0.2) is 22.7 Å². The molecule has 0 saturated heterocycles. The van der Waals surface area contributed by atoms with Gasteiger partial charge in [-0.1, -0.05) is 13.8 Å². The minimum absolute atomic E-state index is 0.301. The van der Waals surface area contributed by atoms with Crippen molar-refractivity contribution in [3.8, 4) is 0 Å². The van der Waals surface area contributed by atoms with Gasteiger partial charge in [-0.05, 0) is 34.3 Å². The molecular weight excluding hydrogens is 256 g/mol. The average Bonchev–Trinajstić information content (AvgIpc) is 2.15. The largest absolute Gasteiger partial charge is 0.391 e. The topological polar surface area (TPSA) is 45.1 Å². The van der Waals surface area contributed by atoms with Crippen LogP contribution in [0, 0.1) is 5.92 Å². The number of rotatable bonds is 5. The first kappa shape index (κ1) is 12.5. The maximum atomic E-state index is 9.68. The fourth-order valence-corrected chi connectivity index (χ4v) is 1.76. The van der Waals surface area contributed by atoms with E-state index in [-0.39, 0.29) is 6.10 Å². The third kappa shape index (κ3) is 4.62. The number of nitrogens with one attached hydrogen (secondary N) is 1. The Morgan fingerprint density at radius 3 is 2.87 bits per heavy atom. The van der Waals surface area contributed by atoms with Gasteiger partial charge in [0.1, 0.15) is 0 Å². The molecule has 0 aliphatic carbocycles. The molecule has 1 aromatic rings. The highest BCUT2D eigenvalue weighted by molar-refractivity contribution is 9.10. The van der Waals surface area contributed by atoms with Gasteiger partial charge in [0, 0.05) is 18.9 Å².